The van der Waals surface area contributed by atoms with Gasteiger partial charge in [-0.15, -0.1) is 0 Å². The summed E-state index contributed by atoms with van der Waals surface area (Å²) in [5.74, 6) is -1.34. The van der Waals surface area contributed by atoms with Gasteiger partial charge in [-0.1, -0.05) is 24.3 Å². The third kappa shape index (κ3) is 4.75. The van der Waals surface area contributed by atoms with Crippen LogP contribution in [0.15, 0.2) is 42.5 Å². The molecule has 3 rings (SSSR count). The van der Waals surface area contributed by atoms with E-state index in [1.54, 1.807) is 0 Å². The van der Waals surface area contributed by atoms with Crippen LogP contribution >= 0.6 is 0 Å². The largest absolute Gasteiger partial charge is 0.468 e. The van der Waals surface area contributed by atoms with Crippen LogP contribution in [-0.2, 0) is 4.79 Å². The average Bonchev–Trinajstić information content (AvgIpc) is 2.95. The highest BCUT2D eigenvalue weighted by Gasteiger charge is 2.30. The van der Waals surface area contributed by atoms with E-state index in [0.717, 1.165) is 11.3 Å². The summed E-state index contributed by atoms with van der Waals surface area (Å²) in [6, 6.07) is 11.3. The first-order chi connectivity index (χ1) is 12.8. The van der Waals surface area contributed by atoms with Gasteiger partial charge in [0, 0.05) is 18.3 Å². The van der Waals surface area contributed by atoms with Crippen molar-refractivity contribution < 1.29 is 27.5 Å². The molecule has 27 heavy (non-hydrogen) atoms. The van der Waals surface area contributed by atoms with Gasteiger partial charge in [0.25, 0.3) is 5.91 Å². The number of para-hydroxylation sites is 1. The van der Waals surface area contributed by atoms with Crippen LogP contribution in [0.3, 0.4) is 0 Å². The predicted molar refractivity (Wildman–Crippen MR) is 90.5 cm³/mol. The number of nitrogens with one attached hydrogen (secondary N) is 2. The van der Waals surface area contributed by atoms with Gasteiger partial charge in [-0.3, -0.25) is 9.59 Å². The minimum absolute atomic E-state index is 0.0639. The average molecular weight is 379 g/mol. The zero-order valence-corrected chi connectivity index (χ0v) is 14.0. The lowest BCUT2D eigenvalue weighted by molar-refractivity contribution is -0.154. The van der Waals surface area contributed by atoms with Crippen molar-refractivity contribution in [2.45, 2.75) is 18.5 Å². The lowest BCUT2D eigenvalue weighted by Gasteiger charge is -2.11. The molecule has 0 spiro atoms. The maximum absolute atomic E-state index is 12.2. The predicted octanol–water partition coefficient (Wildman–Crippen LogP) is 2.88. The van der Waals surface area contributed by atoms with Crippen LogP contribution in [0, 0.1) is 0 Å². The Morgan fingerprint density at radius 3 is 2.74 bits per heavy atom. The number of amides is 2. The number of carbonyl (C=O) groups is 2. The number of halogens is 3. The second kappa shape index (κ2) is 7.65. The van der Waals surface area contributed by atoms with Crippen molar-refractivity contribution in [2.24, 2.45) is 0 Å². The van der Waals surface area contributed by atoms with Crippen LogP contribution in [0.4, 0.5) is 18.9 Å². The van der Waals surface area contributed by atoms with Gasteiger partial charge in [-0.05, 0) is 24.1 Å². The highest BCUT2D eigenvalue weighted by molar-refractivity contribution is 6.02. The Balaban J connectivity index is 1.55. The molecule has 6 nitrogen and oxygen atoms in total. The first-order valence-corrected chi connectivity index (χ1v) is 8.18. The summed E-state index contributed by atoms with van der Waals surface area (Å²) in [6.07, 6.45) is -4.10. The number of pyridine rings is 1. The van der Waals surface area contributed by atoms with Crippen molar-refractivity contribution in [1.82, 2.24) is 10.3 Å². The molecule has 0 unspecified atom stereocenters. The summed E-state index contributed by atoms with van der Waals surface area (Å²) in [5.41, 5.74) is 1.57. The molecule has 1 aromatic carbocycles. The van der Waals surface area contributed by atoms with Crippen LogP contribution in [0.2, 0.25) is 0 Å². The second-order valence-corrected chi connectivity index (χ2v) is 5.94. The molecular weight excluding hydrogens is 363 g/mol. The lowest BCUT2D eigenvalue weighted by atomic mass is 9.97. The van der Waals surface area contributed by atoms with Crippen molar-refractivity contribution in [1.29, 1.82) is 0 Å². The molecule has 142 valence electrons. The molecule has 2 aromatic rings. The minimum Gasteiger partial charge on any atom is -0.468 e. The Bertz CT molecular complexity index is 855. The van der Waals surface area contributed by atoms with E-state index in [1.165, 1.54) is 18.2 Å². The van der Waals surface area contributed by atoms with Crippen LogP contribution in [-0.4, -0.2) is 36.1 Å². The molecule has 0 radical (unpaired) electrons. The van der Waals surface area contributed by atoms with Gasteiger partial charge in [0.05, 0.1) is 5.92 Å². The van der Waals surface area contributed by atoms with Gasteiger partial charge in [-0.25, -0.2) is 4.98 Å². The molecular formula is C18H16F3N3O3. The number of rotatable bonds is 6. The third-order valence-corrected chi connectivity index (χ3v) is 3.97. The molecule has 0 fully saturated rings. The van der Waals surface area contributed by atoms with E-state index in [-0.39, 0.29) is 29.9 Å². The molecule has 2 N–H and O–H groups in total. The summed E-state index contributed by atoms with van der Waals surface area (Å²) in [4.78, 5) is 27.9. The molecule has 1 aliphatic heterocycles. The fourth-order valence-corrected chi connectivity index (χ4v) is 2.76. The molecule has 0 aliphatic carbocycles. The van der Waals surface area contributed by atoms with E-state index in [4.69, 9.17) is 0 Å². The summed E-state index contributed by atoms with van der Waals surface area (Å²) in [5, 5.41) is 5.40. The first-order valence-electron chi connectivity index (χ1n) is 8.18. The van der Waals surface area contributed by atoms with Crippen molar-refractivity contribution in [3.63, 3.8) is 0 Å². The van der Waals surface area contributed by atoms with Gasteiger partial charge in [0.2, 0.25) is 11.8 Å². The number of hydrogen-bond donors (Lipinski definition) is 2. The van der Waals surface area contributed by atoms with E-state index in [9.17, 15) is 22.8 Å². The molecule has 2 heterocycles. The number of benzene rings is 1. The SMILES string of the molecule is O=C(NCC[C@@H]1C(=O)Nc2ccccc21)c1cccc(OCC(F)(F)F)n1. The number of nitrogens with zero attached hydrogens (tertiary/aromatic N) is 1. The van der Waals surface area contributed by atoms with Crippen LogP contribution in [0.25, 0.3) is 0 Å². The Morgan fingerprint density at radius 1 is 1.19 bits per heavy atom. The Hall–Kier alpha value is -3.10. The third-order valence-electron chi connectivity index (χ3n) is 3.97. The standard InChI is InChI=1S/C18H16F3N3O3/c19-18(20,21)10-27-15-7-3-6-14(23-15)17(26)22-9-8-12-11-4-1-2-5-13(11)24-16(12)25/h1-7,12H,8-10H2,(H,22,26)(H,24,25)/t12-/m0/s1. The van der Waals surface area contributed by atoms with Gasteiger partial charge in [-0.2, -0.15) is 13.2 Å². The topological polar surface area (TPSA) is 80.3 Å². The molecule has 1 aliphatic rings. The van der Waals surface area contributed by atoms with E-state index in [0.29, 0.717) is 6.42 Å². The van der Waals surface area contributed by atoms with E-state index >= 15 is 0 Å². The number of fused-ring (bicyclic) bond motifs is 1. The van der Waals surface area contributed by atoms with Gasteiger partial charge >= 0.3 is 6.18 Å². The van der Waals surface area contributed by atoms with Gasteiger partial charge in [0.1, 0.15) is 5.69 Å². The molecule has 1 aromatic heterocycles. The number of aromatic nitrogens is 1. The maximum atomic E-state index is 12.2. The molecule has 0 saturated carbocycles. The molecule has 0 bridgehead atoms. The number of anilines is 1. The minimum atomic E-state index is -4.49. The molecule has 0 saturated heterocycles. The first kappa shape index (κ1) is 18.7. The Kier molecular flexibility index (Phi) is 5.29. The fraction of sp³-hybridized carbons (Fsp3) is 0.278. The van der Waals surface area contributed by atoms with E-state index in [2.05, 4.69) is 20.4 Å². The van der Waals surface area contributed by atoms with Crippen LogP contribution < -0.4 is 15.4 Å². The monoisotopic (exact) mass is 379 g/mol. The van der Waals surface area contributed by atoms with Crippen LogP contribution in [0.1, 0.15) is 28.4 Å². The number of carbonyl (C=O) groups excluding carboxylic acids is 2. The smallest absolute Gasteiger partial charge is 0.422 e. The lowest BCUT2D eigenvalue weighted by Crippen LogP contribution is -2.28. The summed E-state index contributed by atoms with van der Waals surface area (Å²) in [7, 11) is 0. The van der Waals surface area contributed by atoms with Gasteiger partial charge < -0.3 is 15.4 Å². The zero-order valence-electron chi connectivity index (χ0n) is 14.0. The normalized spacial score (nSPS) is 15.8. The van der Waals surface area contributed by atoms with E-state index in [1.807, 2.05) is 24.3 Å². The number of hydrogen-bond acceptors (Lipinski definition) is 4. The highest BCUT2D eigenvalue weighted by Crippen LogP contribution is 2.33. The van der Waals surface area contributed by atoms with Crippen molar-refractivity contribution >= 4 is 17.5 Å². The van der Waals surface area contributed by atoms with E-state index < -0.39 is 18.7 Å². The van der Waals surface area contributed by atoms with Gasteiger partial charge in [0.15, 0.2) is 6.61 Å². The Morgan fingerprint density at radius 2 is 1.96 bits per heavy atom. The number of ether oxygens (including phenoxy) is 1. The number of alkyl halides is 3. The highest BCUT2D eigenvalue weighted by atomic mass is 19.4. The summed E-state index contributed by atoms with van der Waals surface area (Å²) >= 11 is 0. The zero-order chi connectivity index (χ0) is 19.4. The maximum Gasteiger partial charge on any atom is 0.422 e. The Labute approximate surface area is 152 Å². The summed E-state index contributed by atoms with van der Waals surface area (Å²) in [6.45, 7) is -1.28. The molecule has 2 amide bonds. The van der Waals surface area contributed by atoms with Crippen molar-refractivity contribution in [2.75, 3.05) is 18.5 Å². The van der Waals surface area contributed by atoms with Crippen LogP contribution in [0.5, 0.6) is 5.88 Å². The van der Waals surface area contributed by atoms with Crippen molar-refractivity contribution in [3.8, 4) is 5.88 Å². The quantitative estimate of drug-likeness (QED) is 0.809. The fourth-order valence-electron chi connectivity index (χ4n) is 2.76. The molecule has 1 atom stereocenters. The molecule has 9 heteroatoms. The second-order valence-electron chi connectivity index (χ2n) is 5.94. The van der Waals surface area contributed by atoms with Crippen molar-refractivity contribution in [3.05, 3.63) is 53.7 Å². The summed E-state index contributed by atoms with van der Waals surface area (Å²) < 4.78 is 41.1.